The zero-order chi connectivity index (χ0) is 13.9. The first-order valence-electron chi connectivity index (χ1n) is 6.40. The van der Waals surface area contributed by atoms with Crippen LogP contribution in [0.1, 0.15) is 18.4 Å². The Balaban J connectivity index is 2.10. The van der Waals surface area contributed by atoms with Gasteiger partial charge in [0.2, 0.25) is 0 Å². The van der Waals surface area contributed by atoms with E-state index >= 15 is 0 Å². The summed E-state index contributed by atoms with van der Waals surface area (Å²) in [6.07, 6.45) is 2.09. The van der Waals surface area contributed by atoms with Crippen LogP contribution in [0.2, 0.25) is 5.02 Å². The van der Waals surface area contributed by atoms with E-state index in [2.05, 4.69) is 0 Å². The van der Waals surface area contributed by atoms with Crippen LogP contribution in [0.3, 0.4) is 0 Å². The summed E-state index contributed by atoms with van der Waals surface area (Å²) in [5.41, 5.74) is 6.73. The highest BCUT2D eigenvalue weighted by Gasteiger charge is 2.38. The van der Waals surface area contributed by atoms with Crippen LogP contribution in [0.5, 0.6) is 0 Å². The van der Waals surface area contributed by atoms with Crippen LogP contribution in [-0.4, -0.2) is 32.0 Å². The van der Waals surface area contributed by atoms with Crippen molar-refractivity contribution in [3.05, 3.63) is 34.6 Å². The molecule has 2 rings (SSSR count). The molecule has 0 aliphatic carbocycles. The minimum absolute atomic E-state index is 0.129. The second-order valence-corrected chi connectivity index (χ2v) is 5.35. The fourth-order valence-corrected chi connectivity index (χ4v) is 2.67. The van der Waals surface area contributed by atoms with Gasteiger partial charge in [0.05, 0.1) is 10.6 Å². The maximum absolute atomic E-state index is 13.4. The summed E-state index contributed by atoms with van der Waals surface area (Å²) >= 11 is 5.67. The Kier molecular flexibility index (Phi) is 4.79. The molecule has 1 aliphatic rings. The maximum Gasteiger partial charge on any atom is 0.142 e. The Labute approximate surface area is 117 Å². The molecule has 0 radical (unpaired) electrons. The van der Waals surface area contributed by atoms with Gasteiger partial charge in [-0.2, -0.15) is 0 Å². The largest absolute Gasteiger partial charge is 0.381 e. The van der Waals surface area contributed by atoms with Gasteiger partial charge in [0.25, 0.3) is 0 Å². The molecular weight excluding hydrogens is 269 g/mol. The molecule has 1 aromatic rings. The number of rotatable bonds is 4. The average molecular weight is 288 g/mol. The molecule has 1 unspecified atom stereocenters. The van der Waals surface area contributed by atoms with E-state index in [1.807, 2.05) is 0 Å². The zero-order valence-corrected chi connectivity index (χ0v) is 11.8. The number of halogens is 2. The molecule has 3 nitrogen and oxygen atoms in total. The molecule has 106 valence electrons. The van der Waals surface area contributed by atoms with Crippen molar-refractivity contribution in [2.24, 2.45) is 5.73 Å². The molecule has 1 fully saturated rings. The fourth-order valence-electron chi connectivity index (χ4n) is 2.55. The SMILES string of the molecule is COC1(C(N)Cc2ccc(Cl)c(F)c2)CCOCC1. The molecule has 5 heteroatoms. The number of hydrogen-bond acceptors (Lipinski definition) is 3. The third kappa shape index (κ3) is 3.26. The highest BCUT2D eigenvalue weighted by Crippen LogP contribution is 2.29. The van der Waals surface area contributed by atoms with Gasteiger partial charge in [-0.15, -0.1) is 0 Å². The summed E-state index contributed by atoms with van der Waals surface area (Å²) < 4.78 is 24.4. The molecule has 2 N–H and O–H groups in total. The monoisotopic (exact) mass is 287 g/mol. The van der Waals surface area contributed by atoms with Gasteiger partial charge in [0.1, 0.15) is 5.82 Å². The summed E-state index contributed by atoms with van der Waals surface area (Å²) in [5, 5.41) is 0.129. The van der Waals surface area contributed by atoms with E-state index in [0.29, 0.717) is 19.6 Å². The molecule has 1 atom stereocenters. The van der Waals surface area contributed by atoms with E-state index in [-0.39, 0.29) is 16.7 Å². The quantitative estimate of drug-likeness (QED) is 0.925. The Hall–Kier alpha value is -0.680. The van der Waals surface area contributed by atoms with Gasteiger partial charge in [-0.3, -0.25) is 0 Å². The van der Waals surface area contributed by atoms with Crippen LogP contribution in [0.4, 0.5) is 4.39 Å². The lowest BCUT2D eigenvalue weighted by Crippen LogP contribution is -2.53. The van der Waals surface area contributed by atoms with Crippen molar-refractivity contribution in [1.82, 2.24) is 0 Å². The highest BCUT2D eigenvalue weighted by atomic mass is 35.5. The highest BCUT2D eigenvalue weighted by molar-refractivity contribution is 6.30. The number of ether oxygens (including phenoxy) is 2. The lowest BCUT2D eigenvalue weighted by Gasteiger charge is -2.40. The number of methoxy groups -OCH3 is 1. The standard InChI is InChI=1S/C14H19ClFNO2/c1-18-14(4-6-19-7-5-14)13(17)9-10-2-3-11(15)12(16)8-10/h2-3,8,13H,4-7,9,17H2,1H3. The van der Waals surface area contributed by atoms with Crippen LogP contribution in [0.25, 0.3) is 0 Å². The first-order chi connectivity index (χ1) is 9.07. The zero-order valence-electron chi connectivity index (χ0n) is 11.0. The first kappa shape index (κ1) is 14.7. The van der Waals surface area contributed by atoms with Gasteiger partial charge in [-0.25, -0.2) is 4.39 Å². The van der Waals surface area contributed by atoms with Crippen molar-refractivity contribution in [1.29, 1.82) is 0 Å². The third-order valence-electron chi connectivity index (χ3n) is 3.86. The summed E-state index contributed by atoms with van der Waals surface area (Å²) in [7, 11) is 1.67. The van der Waals surface area contributed by atoms with E-state index in [4.69, 9.17) is 26.8 Å². The fraction of sp³-hybridized carbons (Fsp3) is 0.571. The summed E-state index contributed by atoms with van der Waals surface area (Å²) in [6, 6.07) is 4.60. The van der Waals surface area contributed by atoms with Gasteiger partial charge < -0.3 is 15.2 Å². The van der Waals surface area contributed by atoms with Crippen LogP contribution >= 0.6 is 11.6 Å². The topological polar surface area (TPSA) is 44.5 Å². The maximum atomic E-state index is 13.4. The van der Waals surface area contributed by atoms with E-state index < -0.39 is 5.82 Å². The Morgan fingerprint density at radius 3 is 2.74 bits per heavy atom. The first-order valence-corrected chi connectivity index (χ1v) is 6.77. The molecule has 0 aromatic heterocycles. The normalized spacial score (nSPS) is 20.2. The van der Waals surface area contributed by atoms with Gasteiger partial charge in [-0.1, -0.05) is 17.7 Å². The number of hydrogen-bond donors (Lipinski definition) is 1. The molecule has 19 heavy (non-hydrogen) atoms. The molecule has 1 aromatic carbocycles. The molecule has 0 spiro atoms. The molecule has 1 saturated heterocycles. The van der Waals surface area contributed by atoms with E-state index in [1.54, 1.807) is 19.2 Å². The van der Waals surface area contributed by atoms with Crippen LogP contribution < -0.4 is 5.73 Å². The number of benzene rings is 1. The lowest BCUT2D eigenvalue weighted by atomic mass is 9.83. The van der Waals surface area contributed by atoms with E-state index in [1.165, 1.54) is 6.07 Å². The van der Waals surface area contributed by atoms with Crippen molar-refractivity contribution in [3.63, 3.8) is 0 Å². The molecule has 1 aliphatic heterocycles. The Bertz CT molecular complexity index is 435. The van der Waals surface area contributed by atoms with Gasteiger partial charge in [0, 0.05) is 39.2 Å². The molecular formula is C14H19ClFNO2. The third-order valence-corrected chi connectivity index (χ3v) is 4.17. The minimum Gasteiger partial charge on any atom is -0.381 e. The molecule has 0 amide bonds. The smallest absolute Gasteiger partial charge is 0.142 e. The van der Waals surface area contributed by atoms with E-state index in [0.717, 1.165) is 18.4 Å². The van der Waals surface area contributed by atoms with Gasteiger partial charge in [0.15, 0.2) is 0 Å². The lowest BCUT2D eigenvalue weighted by molar-refractivity contribution is -0.103. The molecule has 0 saturated carbocycles. The predicted molar refractivity (Wildman–Crippen MR) is 72.9 cm³/mol. The predicted octanol–water partition coefficient (Wildman–Crippen LogP) is 2.54. The van der Waals surface area contributed by atoms with Crippen molar-refractivity contribution in [2.75, 3.05) is 20.3 Å². The van der Waals surface area contributed by atoms with Gasteiger partial charge >= 0.3 is 0 Å². The average Bonchev–Trinajstić information content (AvgIpc) is 2.43. The minimum atomic E-state index is -0.412. The second-order valence-electron chi connectivity index (χ2n) is 4.94. The molecule has 0 bridgehead atoms. The van der Waals surface area contributed by atoms with Crippen LogP contribution in [0.15, 0.2) is 18.2 Å². The Morgan fingerprint density at radius 2 is 2.16 bits per heavy atom. The molecule has 1 heterocycles. The van der Waals surface area contributed by atoms with Crippen molar-refractivity contribution in [2.45, 2.75) is 30.9 Å². The number of nitrogens with two attached hydrogens (primary N) is 1. The van der Waals surface area contributed by atoms with Gasteiger partial charge in [-0.05, 0) is 24.1 Å². The van der Waals surface area contributed by atoms with Crippen LogP contribution in [-0.2, 0) is 15.9 Å². The van der Waals surface area contributed by atoms with Crippen molar-refractivity contribution < 1.29 is 13.9 Å². The Morgan fingerprint density at radius 1 is 1.47 bits per heavy atom. The summed E-state index contributed by atoms with van der Waals surface area (Å²) in [5.74, 6) is -0.412. The van der Waals surface area contributed by atoms with Crippen molar-refractivity contribution in [3.8, 4) is 0 Å². The summed E-state index contributed by atoms with van der Waals surface area (Å²) in [4.78, 5) is 0. The van der Waals surface area contributed by atoms with Crippen molar-refractivity contribution >= 4 is 11.6 Å². The second kappa shape index (κ2) is 6.18. The van der Waals surface area contributed by atoms with E-state index in [9.17, 15) is 4.39 Å². The van der Waals surface area contributed by atoms with Crippen LogP contribution in [0, 0.1) is 5.82 Å². The summed E-state index contributed by atoms with van der Waals surface area (Å²) in [6.45, 7) is 1.30.